The van der Waals surface area contributed by atoms with Crippen LogP contribution in [0, 0.1) is 6.92 Å². The molecule has 5 rings (SSSR count). The molecule has 0 aliphatic rings. The van der Waals surface area contributed by atoms with E-state index in [1.165, 1.54) is 17.4 Å². The third-order valence-corrected chi connectivity index (χ3v) is 4.95. The lowest BCUT2D eigenvalue weighted by molar-refractivity contribution is -0.633. The van der Waals surface area contributed by atoms with Gasteiger partial charge in [-0.2, -0.15) is 4.57 Å². The van der Waals surface area contributed by atoms with E-state index in [0.717, 1.165) is 33.7 Å². The second-order valence-corrected chi connectivity index (χ2v) is 6.53. The van der Waals surface area contributed by atoms with Crippen LogP contribution in [-0.2, 0) is 7.05 Å². The molecule has 0 amide bonds. The molecule has 0 aliphatic carbocycles. The predicted molar refractivity (Wildman–Crippen MR) is 102 cm³/mol. The number of aromatic nitrogens is 3. The van der Waals surface area contributed by atoms with Crippen molar-refractivity contribution in [3.8, 4) is 17.1 Å². The SMILES string of the molecule is Cc1cc2ocnc2cc1-c1n(-c2ccccc2)c2ccccc2[n+]1C. The molecule has 0 bridgehead atoms. The monoisotopic (exact) mass is 340 g/mol. The van der Waals surface area contributed by atoms with Crippen molar-refractivity contribution in [3.63, 3.8) is 0 Å². The summed E-state index contributed by atoms with van der Waals surface area (Å²) in [5.74, 6) is 1.12. The third-order valence-electron chi connectivity index (χ3n) is 4.95. The first-order valence-corrected chi connectivity index (χ1v) is 8.63. The summed E-state index contributed by atoms with van der Waals surface area (Å²) in [5, 5.41) is 0. The van der Waals surface area contributed by atoms with Crippen molar-refractivity contribution in [2.75, 3.05) is 0 Å². The standard InChI is InChI=1S/C22H18N3O/c1-15-12-21-18(23-14-26-21)13-17(15)22-24(2)19-10-6-7-11-20(19)25(22)16-8-4-3-5-9-16/h3-14H,1-2H3/q+1. The normalized spacial score (nSPS) is 11.5. The summed E-state index contributed by atoms with van der Waals surface area (Å²) in [5.41, 5.74) is 7.49. The zero-order valence-corrected chi connectivity index (χ0v) is 14.7. The van der Waals surface area contributed by atoms with Gasteiger partial charge in [-0.15, -0.1) is 0 Å². The highest BCUT2D eigenvalue weighted by molar-refractivity contribution is 5.84. The fraction of sp³-hybridized carbons (Fsp3) is 0.0909. The Kier molecular flexibility index (Phi) is 3.19. The van der Waals surface area contributed by atoms with E-state index in [0.29, 0.717) is 0 Å². The molecule has 4 nitrogen and oxygen atoms in total. The van der Waals surface area contributed by atoms with Crippen LogP contribution in [-0.4, -0.2) is 9.55 Å². The molecule has 26 heavy (non-hydrogen) atoms. The molecule has 2 aromatic heterocycles. The highest BCUT2D eigenvalue weighted by Gasteiger charge is 2.27. The molecule has 0 fully saturated rings. The van der Waals surface area contributed by atoms with E-state index in [2.05, 4.69) is 88.8 Å². The molecule has 0 radical (unpaired) electrons. The summed E-state index contributed by atoms with van der Waals surface area (Å²) in [6.07, 6.45) is 1.50. The van der Waals surface area contributed by atoms with Crippen LogP contribution in [0.2, 0.25) is 0 Å². The molecule has 0 saturated heterocycles. The van der Waals surface area contributed by atoms with Crippen molar-refractivity contribution in [2.24, 2.45) is 7.05 Å². The Morgan fingerprint density at radius 3 is 2.58 bits per heavy atom. The number of benzene rings is 3. The molecule has 0 saturated carbocycles. The number of oxazole rings is 1. The van der Waals surface area contributed by atoms with Gasteiger partial charge in [0.15, 0.2) is 23.0 Å². The molecule has 0 atom stereocenters. The molecule has 4 heteroatoms. The Labute approximate surface area is 151 Å². The van der Waals surface area contributed by atoms with Crippen LogP contribution < -0.4 is 4.57 Å². The second kappa shape index (κ2) is 5.56. The van der Waals surface area contributed by atoms with Crippen molar-refractivity contribution in [2.45, 2.75) is 6.92 Å². The zero-order valence-electron chi connectivity index (χ0n) is 14.7. The molecule has 0 unspecified atom stereocenters. The lowest BCUT2D eigenvalue weighted by atomic mass is 10.1. The van der Waals surface area contributed by atoms with Gasteiger partial charge in [0.2, 0.25) is 0 Å². The summed E-state index contributed by atoms with van der Waals surface area (Å²) in [6, 6.07) is 23.1. The van der Waals surface area contributed by atoms with Gasteiger partial charge in [-0.25, -0.2) is 9.55 Å². The van der Waals surface area contributed by atoms with Gasteiger partial charge in [0.05, 0.1) is 12.6 Å². The van der Waals surface area contributed by atoms with Gasteiger partial charge >= 0.3 is 0 Å². The van der Waals surface area contributed by atoms with Gasteiger partial charge in [-0.1, -0.05) is 30.3 Å². The highest BCUT2D eigenvalue weighted by Crippen LogP contribution is 2.31. The molecule has 0 N–H and O–H groups in total. The molecule has 5 aromatic rings. The maximum absolute atomic E-state index is 5.47. The summed E-state index contributed by atoms with van der Waals surface area (Å²) in [4.78, 5) is 4.35. The Bertz CT molecular complexity index is 1250. The molecule has 3 aromatic carbocycles. The number of para-hydroxylation sites is 3. The summed E-state index contributed by atoms with van der Waals surface area (Å²) < 4.78 is 10.0. The largest absolute Gasteiger partial charge is 0.443 e. The van der Waals surface area contributed by atoms with Gasteiger partial charge in [0.1, 0.15) is 11.2 Å². The van der Waals surface area contributed by atoms with Crippen LogP contribution in [0.1, 0.15) is 5.56 Å². The first-order valence-electron chi connectivity index (χ1n) is 8.63. The van der Waals surface area contributed by atoms with E-state index >= 15 is 0 Å². The van der Waals surface area contributed by atoms with Gasteiger partial charge in [0.25, 0.3) is 5.82 Å². The summed E-state index contributed by atoms with van der Waals surface area (Å²) >= 11 is 0. The fourth-order valence-corrected chi connectivity index (χ4v) is 3.70. The van der Waals surface area contributed by atoms with Crippen LogP contribution in [0.3, 0.4) is 0 Å². The van der Waals surface area contributed by atoms with E-state index in [9.17, 15) is 0 Å². The molecular weight excluding hydrogens is 322 g/mol. The van der Waals surface area contributed by atoms with Crippen LogP contribution in [0.4, 0.5) is 0 Å². The van der Waals surface area contributed by atoms with Gasteiger partial charge in [-0.3, -0.25) is 0 Å². The minimum atomic E-state index is 0.816. The first kappa shape index (κ1) is 14.9. The second-order valence-electron chi connectivity index (χ2n) is 6.53. The van der Waals surface area contributed by atoms with E-state index < -0.39 is 0 Å². The molecule has 126 valence electrons. The third kappa shape index (κ3) is 2.09. The number of fused-ring (bicyclic) bond motifs is 2. The molecule has 0 aliphatic heterocycles. The number of aryl methyl sites for hydroxylation is 2. The number of hydrogen-bond donors (Lipinski definition) is 0. The van der Waals surface area contributed by atoms with E-state index in [-0.39, 0.29) is 0 Å². The minimum Gasteiger partial charge on any atom is -0.443 e. The Morgan fingerprint density at radius 2 is 1.73 bits per heavy atom. The highest BCUT2D eigenvalue weighted by atomic mass is 16.3. The average molecular weight is 340 g/mol. The smallest absolute Gasteiger partial charge is 0.295 e. The van der Waals surface area contributed by atoms with E-state index in [1.54, 1.807) is 0 Å². The Morgan fingerprint density at radius 1 is 0.962 bits per heavy atom. The van der Waals surface area contributed by atoms with Crippen molar-refractivity contribution >= 4 is 22.1 Å². The maximum Gasteiger partial charge on any atom is 0.295 e. The van der Waals surface area contributed by atoms with Gasteiger partial charge < -0.3 is 4.42 Å². The van der Waals surface area contributed by atoms with Crippen LogP contribution in [0.25, 0.3) is 39.2 Å². The van der Waals surface area contributed by atoms with Crippen molar-refractivity contribution in [1.82, 2.24) is 9.55 Å². The van der Waals surface area contributed by atoms with E-state index in [4.69, 9.17) is 4.42 Å². The summed E-state index contributed by atoms with van der Waals surface area (Å²) in [6.45, 7) is 2.12. The number of rotatable bonds is 2. The summed E-state index contributed by atoms with van der Waals surface area (Å²) in [7, 11) is 2.11. The van der Waals surface area contributed by atoms with Crippen molar-refractivity contribution < 1.29 is 8.98 Å². The number of hydrogen-bond acceptors (Lipinski definition) is 2. The lowest BCUT2D eigenvalue weighted by Crippen LogP contribution is -2.30. The van der Waals surface area contributed by atoms with Crippen LogP contribution >= 0.6 is 0 Å². The maximum atomic E-state index is 5.47. The average Bonchev–Trinajstić information content (AvgIpc) is 3.24. The minimum absolute atomic E-state index is 0.816. The Balaban J connectivity index is 1.93. The topological polar surface area (TPSA) is 34.8 Å². The number of nitrogens with zero attached hydrogens (tertiary/aromatic N) is 3. The predicted octanol–water partition coefficient (Wildman–Crippen LogP) is 4.57. The first-order chi connectivity index (χ1) is 12.7. The van der Waals surface area contributed by atoms with E-state index in [1.807, 2.05) is 6.07 Å². The molecule has 0 spiro atoms. The van der Waals surface area contributed by atoms with Gasteiger partial charge in [0, 0.05) is 0 Å². The van der Waals surface area contributed by atoms with Crippen molar-refractivity contribution in [1.29, 1.82) is 0 Å². The lowest BCUT2D eigenvalue weighted by Gasteiger charge is -2.06. The van der Waals surface area contributed by atoms with Gasteiger partial charge in [-0.05, 0) is 48.9 Å². The van der Waals surface area contributed by atoms with Crippen LogP contribution in [0.5, 0.6) is 0 Å². The van der Waals surface area contributed by atoms with Crippen LogP contribution in [0.15, 0.2) is 77.5 Å². The van der Waals surface area contributed by atoms with Crippen molar-refractivity contribution in [3.05, 3.63) is 78.7 Å². The molecular formula is C22H18N3O+. The number of imidazole rings is 1. The fourth-order valence-electron chi connectivity index (χ4n) is 3.70. The zero-order chi connectivity index (χ0) is 17.7. The Hall–Kier alpha value is -3.40. The quantitative estimate of drug-likeness (QED) is 0.441. The molecule has 2 heterocycles.